The van der Waals surface area contributed by atoms with E-state index < -0.39 is 6.04 Å². The summed E-state index contributed by atoms with van der Waals surface area (Å²) in [4.78, 5) is 32.0. The quantitative estimate of drug-likeness (QED) is 0.554. The highest BCUT2D eigenvalue weighted by Gasteiger charge is 2.53. The number of imide groups is 1. The van der Waals surface area contributed by atoms with Gasteiger partial charge in [0.25, 0.3) is 5.91 Å². The molecule has 3 aliphatic rings. The molecule has 1 saturated heterocycles. The van der Waals surface area contributed by atoms with E-state index in [1.54, 1.807) is 14.0 Å². The van der Waals surface area contributed by atoms with Gasteiger partial charge in [-0.3, -0.25) is 14.6 Å². The number of urea groups is 1. The van der Waals surface area contributed by atoms with E-state index in [9.17, 15) is 9.59 Å². The van der Waals surface area contributed by atoms with Crippen molar-refractivity contribution in [3.05, 3.63) is 12.2 Å². The van der Waals surface area contributed by atoms with Crippen LogP contribution in [-0.4, -0.2) is 70.0 Å². The minimum absolute atomic E-state index is 0.218. The molecule has 1 N–H and O–H groups in total. The second-order valence-electron chi connectivity index (χ2n) is 5.51. The van der Waals surface area contributed by atoms with Crippen molar-refractivity contribution in [2.24, 2.45) is 10.1 Å². The van der Waals surface area contributed by atoms with Crippen molar-refractivity contribution < 1.29 is 14.2 Å². The van der Waals surface area contributed by atoms with Crippen LogP contribution in [0.2, 0.25) is 0 Å². The Morgan fingerprint density at radius 3 is 2.90 bits per heavy atom. The van der Waals surface area contributed by atoms with Gasteiger partial charge >= 0.3 is 12.0 Å². The number of carbonyl (C=O) groups is 2. The highest BCUT2D eigenvalue weighted by molar-refractivity contribution is 6.23. The standard InChI is InChI=1S/C13H16N6O2/c1-7(2)5-19-11(20)9-10(17(4)13(19)21)14-12-16-15-8(3)6-18(9)12/h9H,1,5-6H2,2-4H3/p+1. The number of likely N-dealkylation sites (N-methyl/N-ethyl adjacent to an activating group) is 1. The Labute approximate surface area is 122 Å². The number of nitrogens with zero attached hydrogens (tertiary/aromatic N) is 5. The molecule has 110 valence electrons. The predicted octanol–water partition coefficient (Wildman–Crippen LogP) is -0.415. The summed E-state index contributed by atoms with van der Waals surface area (Å²) in [5, 5.41) is 4.11. The third-order valence-electron chi connectivity index (χ3n) is 3.58. The van der Waals surface area contributed by atoms with E-state index in [1.165, 1.54) is 9.80 Å². The second-order valence-corrected chi connectivity index (χ2v) is 5.51. The molecule has 1 atom stereocenters. The molecule has 21 heavy (non-hydrogen) atoms. The van der Waals surface area contributed by atoms with Gasteiger partial charge in [0.05, 0.1) is 12.3 Å². The molecule has 0 aromatic carbocycles. The van der Waals surface area contributed by atoms with Crippen LogP contribution >= 0.6 is 0 Å². The summed E-state index contributed by atoms with van der Waals surface area (Å²) in [6.45, 7) is 8.16. The maximum absolute atomic E-state index is 12.7. The van der Waals surface area contributed by atoms with Gasteiger partial charge in [-0.2, -0.15) is 5.43 Å². The van der Waals surface area contributed by atoms with E-state index in [0.717, 1.165) is 11.3 Å². The molecule has 3 aliphatic heterocycles. The summed E-state index contributed by atoms with van der Waals surface area (Å²) >= 11 is 0. The van der Waals surface area contributed by atoms with Gasteiger partial charge in [0.15, 0.2) is 0 Å². The van der Waals surface area contributed by atoms with Gasteiger partial charge in [-0.1, -0.05) is 17.1 Å². The molecule has 0 aromatic heterocycles. The number of hydrazone groups is 1. The fourth-order valence-electron chi connectivity index (χ4n) is 2.62. The third kappa shape index (κ3) is 1.94. The summed E-state index contributed by atoms with van der Waals surface area (Å²) < 4.78 is 1.83. The maximum Gasteiger partial charge on any atom is 0.414 e. The molecule has 0 saturated carbocycles. The lowest BCUT2D eigenvalue weighted by molar-refractivity contribution is -0.524. The molecule has 8 heteroatoms. The average Bonchev–Trinajstić information content (AvgIpc) is 2.79. The molecular formula is C13H17N6O2+. The number of hydrogen-bond donors (Lipinski definition) is 1. The van der Waals surface area contributed by atoms with Crippen molar-refractivity contribution in [3.63, 3.8) is 0 Å². The highest BCUT2D eigenvalue weighted by atomic mass is 16.2. The monoisotopic (exact) mass is 289 g/mol. The number of carbonyl (C=O) groups excluding carboxylic acids is 2. The summed E-state index contributed by atoms with van der Waals surface area (Å²) in [6.07, 6.45) is 0. The molecule has 0 radical (unpaired) electrons. The first-order valence-electron chi connectivity index (χ1n) is 6.65. The fraction of sp³-hybridized carbons (Fsp3) is 0.462. The molecule has 1 unspecified atom stereocenters. The predicted molar refractivity (Wildman–Crippen MR) is 77.3 cm³/mol. The Hall–Kier alpha value is -2.51. The van der Waals surface area contributed by atoms with Crippen molar-refractivity contribution in [1.82, 2.24) is 15.2 Å². The van der Waals surface area contributed by atoms with Crippen LogP contribution in [0.3, 0.4) is 0 Å². The molecule has 3 heterocycles. The lowest BCUT2D eigenvalue weighted by Gasteiger charge is -2.34. The molecule has 0 spiro atoms. The normalized spacial score (nSPS) is 24.4. The zero-order valence-electron chi connectivity index (χ0n) is 12.3. The first kappa shape index (κ1) is 13.5. The lowest BCUT2D eigenvalue weighted by atomic mass is 10.1. The van der Waals surface area contributed by atoms with Crippen molar-refractivity contribution in [2.45, 2.75) is 19.9 Å². The number of aliphatic imine (C=N–C) groups is 1. The maximum atomic E-state index is 12.7. The first-order valence-corrected chi connectivity index (χ1v) is 6.65. The Morgan fingerprint density at radius 2 is 2.24 bits per heavy atom. The van der Waals surface area contributed by atoms with Gasteiger partial charge in [0.2, 0.25) is 11.9 Å². The van der Waals surface area contributed by atoms with Crippen molar-refractivity contribution >= 4 is 29.4 Å². The van der Waals surface area contributed by atoms with Crippen LogP contribution < -0.4 is 5.43 Å². The molecule has 1 fully saturated rings. The smallest absolute Gasteiger partial charge is 0.270 e. The number of hydrogen-bond acceptors (Lipinski definition) is 5. The van der Waals surface area contributed by atoms with Crippen LogP contribution in [0.5, 0.6) is 0 Å². The molecule has 0 aromatic rings. The van der Waals surface area contributed by atoms with E-state index in [0.29, 0.717) is 18.3 Å². The second kappa shape index (κ2) is 4.51. The number of rotatable bonds is 2. The number of amides is 3. The third-order valence-corrected chi connectivity index (χ3v) is 3.58. The van der Waals surface area contributed by atoms with Gasteiger partial charge in [-0.25, -0.2) is 9.37 Å². The minimum Gasteiger partial charge on any atom is -0.270 e. The van der Waals surface area contributed by atoms with E-state index in [2.05, 4.69) is 22.1 Å². The number of fused-ring (bicyclic) bond motifs is 2. The minimum atomic E-state index is -0.583. The zero-order chi connectivity index (χ0) is 15.3. The van der Waals surface area contributed by atoms with Crippen LogP contribution in [0.1, 0.15) is 13.8 Å². The molecule has 3 amide bonds. The van der Waals surface area contributed by atoms with E-state index in [-0.39, 0.29) is 18.5 Å². The van der Waals surface area contributed by atoms with Gasteiger partial charge in [0, 0.05) is 7.05 Å². The number of guanidine groups is 1. The van der Waals surface area contributed by atoms with Crippen LogP contribution in [0.4, 0.5) is 4.79 Å². The molecule has 0 bridgehead atoms. The molecule has 3 rings (SSSR count). The number of amidine groups is 1. The molecular weight excluding hydrogens is 272 g/mol. The summed E-state index contributed by atoms with van der Waals surface area (Å²) in [5.41, 5.74) is 4.42. The van der Waals surface area contributed by atoms with Gasteiger partial charge in [0.1, 0.15) is 6.54 Å². The van der Waals surface area contributed by atoms with Crippen molar-refractivity contribution in [2.75, 3.05) is 20.1 Å². The molecule has 8 nitrogen and oxygen atoms in total. The SMILES string of the molecule is C=C(C)CN1C(=O)C2C(=NC3=[N+]2CC(C)=NN3)N(C)C1=O. The van der Waals surface area contributed by atoms with Crippen LogP contribution in [0, 0.1) is 0 Å². The van der Waals surface area contributed by atoms with Crippen molar-refractivity contribution in [1.29, 1.82) is 0 Å². The van der Waals surface area contributed by atoms with Gasteiger partial charge in [-0.15, -0.1) is 5.10 Å². The first-order chi connectivity index (χ1) is 9.90. The highest BCUT2D eigenvalue weighted by Crippen LogP contribution is 2.20. The van der Waals surface area contributed by atoms with Gasteiger partial charge in [-0.05, 0) is 13.8 Å². The Morgan fingerprint density at radius 1 is 1.52 bits per heavy atom. The van der Waals surface area contributed by atoms with E-state index >= 15 is 0 Å². The van der Waals surface area contributed by atoms with Crippen LogP contribution in [0.15, 0.2) is 22.2 Å². The van der Waals surface area contributed by atoms with Crippen molar-refractivity contribution in [3.8, 4) is 0 Å². The lowest BCUT2D eigenvalue weighted by Crippen LogP contribution is -2.63. The van der Waals surface area contributed by atoms with E-state index in [1.807, 2.05) is 11.5 Å². The molecule has 0 aliphatic carbocycles. The van der Waals surface area contributed by atoms with E-state index in [4.69, 9.17) is 0 Å². The van der Waals surface area contributed by atoms with Crippen LogP contribution in [-0.2, 0) is 4.79 Å². The topological polar surface area (TPSA) is 80.4 Å². The zero-order valence-corrected chi connectivity index (χ0v) is 12.3. The Kier molecular flexibility index (Phi) is 2.89. The Bertz CT molecular complexity index is 660. The van der Waals surface area contributed by atoms with Crippen LogP contribution in [0.25, 0.3) is 0 Å². The summed E-state index contributed by atoms with van der Waals surface area (Å²) in [6, 6.07) is -0.962. The van der Waals surface area contributed by atoms with Gasteiger partial charge < -0.3 is 0 Å². The number of nitrogens with one attached hydrogen (secondary N) is 1. The Balaban J connectivity index is 1.98. The summed E-state index contributed by atoms with van der Waals surface area (Å²) in [5.74, 6) is 0.674. The average molecular weight is 289 g/mol. The summed E-state index contributed by atoms with van der Waals surface area (Å²) in [7, 11) is 1.62. The largest absolute Gasteiger partial charge is 0.414 e. The fourth-order valence-corrected chi connectivity index (χ4v) is 2.62.